The number of benzene rings is 2. The van der Waals surface area contributed by atoms with E-state index in [0.717, 1.165) is 0 Å². The van der Waals surface area contributed by atoms with E-state index in [0.29, 0.717) is 33.0 Å². The summed E-state index contributed by atoms with van der Waals surface area (Å²) in [6.07, 6.45) is 3.28. The smallest absolute Gasteiger partial charge is 0.269 e. The van der Waals surface area contributed by atoms with Gasteiger partial charge in [0.2, 0.25) is 4.80 Å². The summed E-state index contributed by atoms with van der Waals surface area (Å²) in [5.74, 6) is -0.161. The number of hydrogen-bond acceptors (Lipinski definition) is 8. The van der Waals surface area contributed by atoms with Crippen LogP contribution in [0.25, 0.3) is 11.3 Å². The van der Waals surface area contributed by atoms with Crippen molar-refractivity contribution in [2.45, 2.75) is 6.92 Å². The topological polar surface area (TPSA) is 126 Å². The molecule has 2 aromatic carbocycles. The highest BCUT2D eigenvalue weighted by Crippen LogP contribution is 2.26. The predicted octanol–water partition coefficient (Wildman–Crippen LogP) is 4.44. The fraction of sp³-hybridized carbons (Fsp3) is 0.0455. The molecular formula is C22H17N5O4S. The molecule has 4 rings (SSSR count). The third-order valence-corrected chi connectivity index (χ3v) is 5.37. The molecule has 0 aliphatic rings. The van der Waals surface area contributed by atoms with Gasteiger partial charge in [0, 0.05) is 40.9 Å². The average Bonchev–Trinajstić information content (AvgIpc) is 3.16. The maximum absolute atomic E-state index is 11.0. The van der Waals surface area contributed by atoms with E-state index in [2.05, 4.69) is 15.1 Å². The second-order valence-electron chi connectivity index (χ2n) is 6.73. The first kappa shape index (κ1) is 20.9. The second kappa shape index (κ2) is 8.82. The summed E-state index contributed by atoms with van der Waals surface area (Å²) in [6.45, 7) is 1.73. The Hall–Kier alpha value is -4.31. The molecule has 2 aromatic heterocycles. The van der Waals surface area contributed by atoms with Gasteiger partial charge in [-0.25, -0.2) is 9.67 Å². The minimum absolute atomic E-state index is 0.00972. The molecule has 10 heteroatoms. The van der Waals surface area contributed by atoms with E-state index < -0.39 is 4.92 Å². The number of rotatable bonds is 5. The van der Waals surface area contributed by atoms with Crippen molar-refractivity contribution in [1.82, 2.24) is 9.66 Å². The van der Waals surface area contributed by atoms with Crippen LogP contribution in [0.4, 0.5) is 11.4 Å². The fourth-order valence-electron chi connectivity index (χ4n) is 2.99. The molecular weight excluding hydrogens is 430 g/mol. The maximum atomic E-state index is 11.0. The Morgan fingerprint density at radius 1 is 1.16 bits per heavy atom. The standard InChI is InChI=1S/C22H17N5O4S/c1-14(19-9-8-18(28)11-21(19)29)25-26-20(15-4-6-17(7-5-15)27(30)31)13-32-22(26)24-16-3-2-10-23-12-16/h2-13,28-29H,1H3. The number of non-ortho nitro benzene ring substituents is 1. The normalized spacial score (nSPS) is 12.2. The number of nitro benzene ring substituents is 1. The van der Waals surface area contributed by atoms with Gasteiger partial charge < -0.3 is 10.2 Å². The molecule has 0 saturated heterocycles. The lowest BCUT2D eigenvalue weighted by Crippen LogP contribution is -2.14. The van der Waals surface area contributed by atoms with Gasteiger partial charge in [-0.2, -0.15) is 5.10 Å². The van der Waals surface area contributed by atoms with Crippen molar-refractivity contribution in [2.24, 2.45) is 10.1 Å². The summed E-state index contributed by atoms with van der Waals surface area (Å²) in [6, 6.07) is 14.0. The number of aromatic hydroxyl groups is 2. The van der Waals surface area contributed by atoms with E-state index in [4.69, 9.17) is 0 Å². The fourth-order valence-corrected chi connectivity index (χ4v) is 3.84. The zero-order chi connectivity index (χ0) is 22.7. The van der Waals surface area contributed by atoms with Crippen LogP contribution < -0.4 is 4.80 Å². The molecule has 0 atom stereocenters. The highest BCUT2D eigenvalue weighted by molar-refractivity contribution is 7.07. The zero-order valence-electron chi connectivity index (χ0n) is 16.8. The lowest BCUT2D eigenvalue weighted by molar-refractivity contribution is -0.384. The number of phenols is 2. The van der Waals surface area contributed by atoms with Gasteiger partial charge in [0.1, 0.15) is 11.5 Å². The molecule has 9 nitrogen and oxygen atoms in total. The number of pyridine rings is 1. The molecule has 2 N–H and O–H groups in total. The van der Waals surface area contributed by atoms with Crippen molar-refractivity contribution in [2.75, 3.05) is 0 Å². The van der Waals surface area contributed by atoms with Gasteiger partial charge in [-0.05, 0) is 43.3 Å². The van der Waals surface area contributed by atoms with Gasteiger partial charge in [-0.15, -0.1) is 11.3 Å². The van der Waals surface area contributed by atoms with Crippen LogP contribution in [-0.4, -0.2) is 30.5 Å². The first-order valence-electron chi connectivity index (χ1n) is 9.40. The Kier molecular flexibility index (Phi) is 5.77. The maximum Gasteiger partial charge on any atom is 0.269 e. The van der Waals surface area contributed by atoms with Crippen LogP contribution in [0.15, 0.2) is 82.5 Å². The summed E-state index contributed by atoms with van der Waals surface area (Å²) in [7, 11) is 0. The van der Waals surface area contributed by atoms with Crippen LogP contribution in [0.1, 0.15) is 12.5 Å². The van der Waals surface area contributed by atoms with Crippen LogP contribution in [0, 0.1) is 10.1 Å². The Morgan fingerprint density at radius 2 is 1.94 bits per heavy atom. The van der Waals surface area contributed by atoms with E-state index in [9.17, 15) is 20.3 Å². The third-order valence-electron chi connectivity index (χ3n) is 4.55. The van der Waals surface area contributed by atoms with Crippen molar-refractivity contribution < 1.29 is 15.1 Å². The van der Waals surface area contributed by atoms with Crippen LogP contribution in [-0.2, 0) is 0 Å². The minimum atomic E-state index is -0.454. The van der Waals surface area contributed by atoms with E-state index in [1.54, 1.807) is 48.3 Å². The molecule has 0 aliphatic heterocycles. The number of thiazole rings is 1. The van der Waals surface area contributed by atoms with Crippen LogP contribution in [0.3, 0.4) is 0 Å². The lowest BCUT2D eigenvalue weighted by atomic mass is 10.1. The lowest BCUT2D eigenvalue weighted by Gasteiger charge is -2.08. The van der Waals surface area contributed by atoms with Gasteiger partial charge in [0.15, 0.2) is 0 Å². The summed E-state index contributed by atoms with van der Waals surface area (Å²) in [5, 5.41) is 37.3. The van der Waals surface area contributed by atoms with Crippen molar-refractivity contribution in [3.63, 3.8) is 0 Å². The van der Waals surface area contributed by atoms with Crippen LogP contribution >= 0.6 is 11.3 Å². The number of aromatic nitrogens is 2. The van der Waals surface area contributed by atoms with Crippen molar-refractivity contribution in [1.29, 1.82) is 0 Å². The van der Waals surface area contributed by atoms with Crippen LogP contribution in [0.2, 0.25) is 0 Å². The summed E-state index contributed by atoms with van der Waals surface area (Å²) in [5.41, 5.74) is 2.94. The monoisotopic (exact) mass is 447 g/mol. The van der Waals surface area contributed by atoms with Gasteiger partial charge in [-0.1, -0.05) is 0 Å². The third kappa shape index (κ3) is 4.40. The van der Waals surface area contributed by atoms with E-state index in [1.807, 2.05) is 11.4 Å². The number of phenolic OH excluding ortho intramolecular Hbond substituents is 2. The Morgan fingerprint density at radius 3 is 2.59 bits per heavy atom. The molecule has 0 radical (unpaired) electrons. The van der Waals surface area contributed by atoms with Gasteiger partial charge >= 0.3 is 0 Å². The van der Waals surface area contributed by atoms with Gasteiger partial charge in [0.05, 0.1) is 28.2 Å². The molecule has 0 saturated carbocycles. The van der Waals surface area contributed by atoms with E-state index >= 15 is 0 Å². The summed E-state index contributed by atoms with van der Waals surface area (Å²) in [4.78, 5) is 19.8. The SMILES string of the molecule is CC(=Nn1c(-c2ccc([N+](=O)[O-])cc2)csc1=Nc1cccnc1)c1ccc(O)cc1O. The van der Waals surface area contributed by atoms with Crippen molar-refractivity contribution in [3.8, 4) is 22.8 Å². The number of nitrogens with zero attached hydrogens (tertiary/aromatic N) is 5. The Bertz CT molecular complexity index is 1380. The highest BCUT2D eigenvalue weighted by atomic mass is 32.1. The first-order chi connectivity index (χ1) is 15.4. The van der Waals surface area contributed by atoms with Gasteiger partial charge in [-0.3, -0.25) is 15.1 Å². The number of hydrogen-bond donors (Lipinski definition) is 2. The molecule has 0 spiro atoms. The van der Waals surface area contributed by atoms with Crippen molar-refractivity contribution in [3.05, 3.63) is 92.9 Å². The molecule has 0 bridgehead atoms. The molecule has 0 amide bonds. The van der Waals surface area contributed by atoms with E-state index in [1.165, 1.54) is 35.6 Å². The van der Waals surface area contributed by atoms with Crippen LogP contribution in [0.5, 0.6) is 11.5 Å². The predicted molar refractivity (Wildman–Crippen MR) is 121 cm³/mol. The second-order valence-corrected chi connectivity index (χ2v) is 7.57. The van der Waals surface area contributed by atoms with E-state index in [-0.39, 0.29) is 17.2 Å². The summed E-state index contributed by atoms with van der Waals surface area (Å²) < 4.78 is 1.61. The average molecular weight is 447 g/mol. The quantitative estimate of drug-likeness (QED) is 0.266. The molecule has 0 unspecified atom stereocenters. The molecule has 4 aromatic rings. The highest BCUT2D eigenvalue weighted by Gasteiger charge is 2.13. The molecule has 0 aliphatic carbocycles. The minimum Gasteiger partial charge on any atom is -0.508 e. The van der Waals surface area contributed by atoms with Crippen molar-refractivity contribution >= 4 is 28.4 Å². The Labute approximate surface area is 186 Å². The van der Waals surface area contributed by atoms with Gasteiger partial charge in [0.25, 0.3) is 5.69 Å². The summed E-state index contributed by atoms with van der Waals surface area (Å²) >= 11 is 1.35. The Balaban J connectivity index is 1.88. The zero-order valence-corrected chi connectivity index (χ0v) is 17.6. The largest absolute Gasteiger partial charge is 0.508 e. The first-order valence-corrected chi connectivity index (χ1v) is 10.3. The number of nitro groups is 1. The molecule has 0 fully saturated rings. The molecule has 2 heterocycles. The molecule has 32 heavy (non-hydrogen) atoms. The molecule has 160 valence electrons.